The molecule has 2 aliphatic rings. The van der Waals surface area contributed by atoms with Gasteiger partial charge in [-0.05, 0) is 33.0 Å². The van der Waals surface area contributed by atoms with Gasteiger partial charge in [0, 0.05) is 26.2 Å². The smallest absolute Gasteiger partial charge is 0.228 e. The SMILES string of the molecule is CN1CCC(N(C)C(=O)C2CN(S(C)(=O)=O)C2)CC1. The maximum atomic E-state index is 12.3. The zero-order chi connectivity index (χ0) is 14.2. The largest absolute Gasteiger partial charge is 0.342 e. The molecule has 0 aliphatic carbocycles. The Morgan fingerprint density at radius 3 is 2.21 bits per heavy atom. The quantitative estimate of drug-likeness (QED) is 0.698. The lowest BCUT2D eigenvalue weighted by Crippen LogP contribution is -2.57. The highest BCUT2D eigenvalue weighted by Crippen LogP contribution is 2.23. The molecule has 0 atom stereocenters. The second kappa shape index (κ2) is 5.38. The van der Waals surface area contributed by atoms with E-state index in [0.29, 0.717) is 19.1 Å². The summed E-state index contributed by atoms with van der Waals surface area (Å²) in [7, 11) is 0.805. The van der Waals surface area contributed by atoms with Crippen molar-refractivity contribution < 1.29 is 13.2 Å². The second-order valence-electron chi connectivity index (χ2n) is 5.76. The van der Waals surface area contributed by atoms with Crippen LogP contribution in [0.2, 0.25) is 0 Å². The van der Waals surface area contributed by atoms with E-state index >= 15 is 0 Å². The van der Waals surface area contributed by atoms with Crippen LogP contribution in [0.1, 0.15) is 12.8 Å². The molecule has 0 aromatic carbocycles. The molecule has 19 heavy (non-hydrogen) atoms. The highest BCUT2D eigenvalue weighted by Gasteiger charge is 2.40. The first-order chi connectivity index (χ1) is 8.79. The van der Waals surface area contributed by atoms with E-state index in [1.807, 2.05) is 11.9 Å². The molecule has 2 rings (SSSR count). The second-order valence-corrected chi connectivity index (χ2v) is 7.74. The van der Waals surface area contributed by atoms with Gasteiger partial charge in [-0.2, -0.15) is 0 Å². The van der Waals surface area contributed by atoms with Crippen molar-refractivity contribution in [2.75, 3.05) is 46.5 Å². The number of likely N-dealkylation sites (tertiary alicyclic amines) is 1. The number of rotatable bonds is 3. The zero-order valence-corrected chi connectivity index (χ0v) is 12.7. The fraction of sp³-hybridized carbons (Fsp3) is 0.917. The molecule has 1 amide bonds. The first-order valence-electron chi connectivity index (χ1n) is 6.69. The Balaban J connectivity index is 1.84. The molecule has 2 saturated heterocycles. The number of carbonyl (C=O) groups excluding carboxylic acids is 1. The van der Waals surface area contributed by atoms with Crippen LogP contribution >= 0.6 is 0 Å². The van der Waals surface area contributed by atoms with Gasteiger partial charge in [0.05, 0.1) is 12.2 Å². The summed E-state index contributed by atoms with van der Waals surface area (Å²) >= 11 is 0. The maximum absolute atomic E-state index is 12.3. The Morgan fingerprint density at radius 1 is 1.21 bits per heavy atom. The molecule has 0 spiro atoms. The number of nitrogens with zero attached hydrogens (tertiary/aromatic N) is 3. The number of carbonyl (C=O) groups is 1. The number of amides is 1. The molecular weight excluding hydrogens is 266 g/mol. The molecule has 7 heteroatoms. The van der Waals surface area contributed by atoms with Crippen LogP contribution in [0.15, 0.2) is 0 Å². The number of hydrogen-bond donors (Lipinski definition) is 0. The van der Waals surface area contributed by atoms with Crippen molar-refractivity contribution in [2.45, 2.75) is 18.9 Å². The van der Waals surface area contributed by atoms with Crippen molar-refractivity contribution in [3.05, 3.63) is 0 Å². The Bertz CT molecular complexity index is 437. The molecular formula is C12H23N3O3S. The predicted molar refractivity (Wildman–Crippen MR) is 73.2 cm³/mol. The van der Waals surface area contributed by atoms with Crippen LogP contribution in [0.25, 0.3) is 0 Å². The Hall–Kier alpha value is -0.660. The van der Waals surface area contributed by atoms with E-state index in [0.717, 1.165) is 25.9 Å². The van der Waals surface area contributed by atoms with Crippen LogP contribution in [0.3, 0.4) is 0 Å². The molecule has 2 aliphatic heterocycles. The topological polar surface area (TPSA) is 60.9 Å². The normalized spacial score (nSPS) is 24.2. The van der Waals surface area contributed by atoms with Crippen LogP contribution in [-0.4, -0.2) is 81.0 Å². The molecule has 0 radical (unpaired) electrons. The summed E-state index contributed by atoms with van der Waals surface area (Å²) in [5.41, 5.74) is 0. The molecule has 2 fully saturated rings. The van der Waals surface area contributed by atoms with Gasteiger partial charge in [0.25, 0.3) is 0 Å². The summed E-state index contributed by atoms with van der Waals surface area (Å²) < 4.78 is 23.9. The summed E-state index contributed by atoms with van der Waals surface area (Å²) in [4.78, 5) is 16.4. The van der Waals surface area contributed by atoms with E-state index in [4.69, 9.17) is 0 Å². The van der Waals surface area contributed by atoms with Gasteiger partial charge in [-0.15, -0.1) is 0 Å². The lowest BCUT2D eigenvalue weighted by molar-refractivity contribution is -0.140. The Kier molecular flexibility index (Phi) is 4.17. The van der Waals surface area contributed by atoms with Gasteiger partial charge < -0.3 is 9.80 Å². The highest BCUT2D eigenvalue weighted by molar-refractivity contribution is 7.88. The molecule has 110 valence electrons. The third-order valence-corrected chi connectivity index (χ3v) is 5.49. The third kappa shape index (κ3) is 3.27. The average molecular weight is 289 g/mol. The van der Waals surface area contributed by atoms with Crippen molar-refractivity contribution in [2.24, 2.45) is 5.92 Å². The van der Waals surface area contributed by atoms with E-state index in [-0.39, 0.29) is 11.8 Å². The van der Waals surface area contributed by atoms with Gasteiger partial charge >= 0.3 is 0 Å². The molecule has 6 nitrogen and oxygen atoms in total. The zero-order valence-electron chi connectivity index (χ0n) is 11.9. The van der Waals surface area contributed by atoms with Crippen molar-refractivity contribution in [3.8, 4) is 0 Å². The monoisotopic (exact) mass is 289 g/mol. The Morgan fingerprint density at radius 2 is 1.74 bits per heavy atom. The van der Waals surface area contributed by atoms with Crippen LogP contribution in [0, 0.1) is 5.92 Å². The van der Waals surface area contributed by atoms with Crippen LogP contribution < -0.4 is 0 Å². The van der Waals surface area contributed by atoms with Gasteiger partial charge in [-0.1, -0.05) is 0 Å². The minimum absolute atomic E-state index is 0.0921. The number of sulfonamides is 1. The summed E-state index contributed by atoms with van der Waals surface area (Å²) in [6.45, 7) is 2.72. The van der Waals surface area contributed by atoms with Gasteiger partial charge in [0.15, 0.2) is 0 Å². The average Bonchev–Trinajstić information content (AvgIpc) is 2.25. The van der Waals surface area contributed by atoms with Crippen LogP contribution in [0.4, 0.5) is 0 Å². The summed E-state index contributed by atoms with van der Waals surface area (Å²) in [5.74, 6) is -0.0613. The Labute approximate surface area is 115 Å². The highest BCUT2D eigenvalue weighted by atomic mass is 32.2. The van der Waals surface area contributed by atoms with Crippen LogP contribution in [-0.2, 0) is 14.8 Å². The van der Waals surface area contributed by atoms with Gasteiger partial charge in [0.2, 0.25) is 15.9 Å². The molecule has 2 heterocycles. The van der Waals surface area contributed by atoms with E-state index in [1.54, 1.807) is 0 Å². The van der Waals surface area contributed by atoms with E-state index in [1.165, 1.54) is 10.6 Å². The standard InChI is InChI=1S/C12H23N3O3S/c1-13-6-4-11(5-7-13)14(2)12(16)10-8-15(9-10)19(3,17)18/h10-11H,4-9H2,1-3H3. The first kappa shape index (κ1) is 14.7. The predicted octanol–water partition coefficient (Wildman–Crippen LogP) is -0.570. The number of hydrogen-bond acceptors (Lipinski definition) is 4. The van der Waals surface area contributed by atoms with E-state index < -0.39 is 10.0 Å². The summed E-state index contributed by atoms with van der Waals surface area (Å²) in [6, 6.07) is 0.302. The maximum Gasteiger partial charge on any atom is 0.228 e. The van der Waals surface area contributed by atoms with E-state index in [9.17, 15) is 13.2 Å². The fourth-order valence-electron chi connectivity index (χ4n) is 2.72. The van der Waals surface area contributed by atoms with Gasteiger partial charge in [0.1, 0.15) is 0 Å². The van der Waals surface area contributed by atoms with Crippen molar-refractivity contribution in [1.29, 1.82) is 0 Å². The van der Waals surface area contributed by atoms with Gasteiger partial charge in [-0.25, -0.2) is 12.7 Å². The third-order valence-electron chi connectivity index (χ3n) is 4.25. The van der Waals surface area contributed by atoms with Crippen molar-refractivity contribution in [3.63, 3.8) is 0 Å². The van der Waals surface area contributed by atoms with Gasteiger partial charge in [-0.3, -0.25) is 4.79 Å². The molecule has 0 N–H and O–H groups in total. The van der Waals surface area contributed by atoms with Crippen molar-refractivity contribution >= 4 is 15.9 Å². The lowest BCUT2D eigenvalue weighted by Gasteiger charge is -2.41. The van der Waals surface area contributed by atoms with E-state index in [2.05, 4.69) is 11.9 Å². The minimum atomic E-state index is -3.13. The molecule has 0 bridgehead atoms. The lowest BCUT2D eigenvalue weighted by atomic mass is 9.98. The minimum Gasteiger partial charge on any atom is -0.342 e. The molecule has 0 unspecified atom stereocenters. The molecule has 0 aromatic rings. The summed E-state index contributed by atoms with van der Waals surface area (Å²) in [6.07, 6.45) is 3.19. The molecule has 0 saturated carbocycles. The summed E-state index contributed by atoms with van der Waals surface area (Å²) in [5, 5.41) is 0. The first-order valence-corrected chi connectivity index (χ1v) is 8.54. The fourth-order valence-corrected chi connectivity index (χ4v) is 3.62. The van der Waals surface area contributed by atoms with Crippen LogP contribution in [0.5, 0.6) is 0 Å². The number of piperidine rings is 1. The van der Waals surface area contributed by atoms with Crippen molar-refractivity contribution in [1.82, 2.24) is 14.1 Å². The molecule has 0 aromatic heterocycles.